The molecule has 2 heterocycles. The van der Waals surface area contributed by atoms with Gasteiger partial charge in [0, 0.05) is 23.2 Å². The molecule has 2 aromatic carbocycles. The van der Waals surface area contributed by atoms with Gasteiger partial charge in [0.15, 0.2) is 11.0 Å². The van der Waals surface area contributed by atoms with Gasteiger partial charge in [-0.2, -0.15) is 13.2 Å². The largest absolute Gasteiger partial charge is 0.486 e. The van der Waals surface area contributed by atoms with E-state index in [4.69, 9.17) is 4.74 Å². The first-order valence-electron chi connectivity index (χ1n) is 9.79. The zero-order valence-corrected chi connectivity index (χ0v) is 18.7. The van der Waals surface area contributed by atoms with E-state index in [0.29, 0.717) is 23.3 Å². The van der Waals surface area contributed by atoms with Gasteiger partial charge in [-0.1, -0.05) is 48.2 Å². The summed E-state index contributed by atoms with van der Waals surface area (Å²) < 4.78 is 46.1. The van der Waals surface area contributed by atoms with E-state index in [0.717, 1.165) is 28.4 Å². The third kappa shape index (κ3) is 5.31. The highest BCUT2D eigenvalue weighted by Gasteiger charge is 2.30. The van der Waals surface area contributed by atoms with E-state index in [9.17, 15) is 13.2 Å². The minimum atomic E-state index is -4.41. The number of hydrogen-bond acceptors (Lipinski definition) is 6. The fraction of sp³-hybridized carbons (Fsp3) is 0.227. The fourth-order valence-corrected chi connectivity index (χ4v) is 4.83. The molecule has 0 amide bonds. The number of aromatic nitrogens is 4. The summed E-state index contributed by atoms with van der Waals surface area (Å²) in [7, 11) is 0. The van der Waals surface area contributed by atoms with Crippen molar-refractivity contribution in [2.75, 3.05) is 0 Å². The lowest BCUT2D eigenvalue weighted by atomic mass is 10.2. The molecule has 0 saturated heterocycles. The standard InChI is InChI=1S/C22H19F3N4OS2/c1-2-29-19(12-30-18-10-6-9-16(11-18)22(23,24)25)27-28-21(29)32-14-17-13-31-20(26-17)15-7-4-3-5-8-15/h3-11,13H,2,12,14H2,1H3. The molecule has 2 aromatic heterocycles. The summed E-state index contributed by atoms with van der Waals surface area (Å²) in [6.45, 7) is 2.60. The molecule has 0 aliphatic heterocycles. The molecular formula is C22H19F3N4OS2. The summed E-state index contributed by atoms with van der Waals surface area (Å²) in [5.74, 6) is 1.32. The van der Waals surface area contributed by atoms with Crippen LogP contribution in [0.25, 0.3) is 10.6 Å². The molecule has 0 radical (unpaired) electrons. The second-order valence-corrected chi connectivity index (χ2v) is 8.56. The van der Waals surface area contributed by atoms with Gasteiger partial charge in [0.1, 0.15) is 17.4 Å². The Kier molecular flexibility index (Phi) is 6.80. The maximum Gasteiger partial charge on any atom is 0.416 e. The van der Waals surface area contributed by atoms with Gasteiger partial charge >= 0.3 is 6.18 Å². The van der Waals surface area contributed by atoms with Crippen molar-refractivity contribution in [2.45, 2.75) is 37.2 Å². The molecular weight excluding hydrogens is 457 g/mol. The monoisotopic (exact) mass is 476 g/mol. The molecule has 0 N–H and O–H groups in total. The number of thioether (sulfide) groups is 1. The van der Waals surface area contributed by atoms with Crippen molar-refractivity contribution in [3.8, 4) is 16.3 Å². The number of rotatable bonds is 8. The minimum absolute atomic E-state index is 0.0254. The first-order valence-corrected chi connectivity index (χ1v) is 11.7. The van der Waals surface area contributed by atoms with E-state index in [1.165, 1.54) is 23.9 Å². The van der Waals surface area contributed by atoms with Gasteiger partial charge in [0.25, 0.3) is 0 Å². The maximum absolute atomic E-state index is 12.9. The van der Waals surface area contributed by atoms with Gasteiger partial charge in [0.2, 0.25) is 0 Å². The first kappa shape index (κ1) is 22.3. The van der Waals surface area contributed by atoms with E-state index in [-0.39, 0.29) is 12.4 Å². The van der Waals surface area contributed by atoms with Crippen LogP contribution in [0.2, 0.25) is 0 Å². The van der Waals surface area contributed by atoms with E-state index in [2.05, 4.69) is 15.2 Å². The van der Waals surface area contributed by atoms with Crippen LogP contribution in [-0.2, 0) is 25.1 Å². The summed E-state index contributed by atoms with van der Waals surface area (Å²) in [6, 6.07) is 14.8. The topological polar surface area (TPSA) is 52.8 Å². The number of ether oxygens (including phenoxy) is 1. The lowest BCUT2D eigenvalue weighted by Gasteiger charge is -2.11. The van der Waals surface area contributed by atoms with Crippen LogP contribution in [0.5, 0.6) is 5.75 Å². The van der Waals surface area contributed by atoms with E-state index in [1.807, 2.05) is 47.2 Å². The summed E-state index contributed by atoms with van der Waals surface area (Å²) in [6.07, 6.45) is -4.41. The Balaban J connectivity index is 1.40. The molecule has 0 fully saturated rings. The van der Waals surface area contributed by atoms with Crippen molar-refractivity contribution >= 4 is 23.1 Å². The molecule has 10 heteroatoms. The predicted molar refractivity (Wildman–Crippen MR) is 119 cm³/mol. The smallest absolute Gasteiger partial charge is 0.416 e. The second kappa shape index (κ2) is 9.74. The van der Waals surface area contributed by atoms with Crippen LogP contribution < -0.4 is 4.74 Å². The Bertz CT molecular complexity index is 1180. The van der Waals surface area contributed by atoms with Crippen LogP contribution in [0, 0.1) is 0 Å². The summed E-state index contributed by atoms with van der Waals surface area (Å²) in [5, 5.41) is 12.1. The highest BCUT2D eigenvalue weighted by molar-refractivity contribution is 7.98. The van der Waals surface area contributed by atoms with Gasteiger partial charge in [0.05, 0.1) is 11.3 Å². The Labute approximate surface area is 191 Å². The SMILES string of the molecule is CCn1c(COc2cccc(C(F)(F)F)c2)nnc1SCc1csc(-c2ccccc2)n1. The highest BCUT2D eigenvalue weighted by atomic mass is 32.2. The first-order chi connectivity index (χ1) is 15.4. The molecule has 0 bridgehead atoms. The number of alkyl halides is 3. The summed E-state index contributed by atoms with van der Waals surface area (Å²) in [5.41, 5.74) is 1.28. The van der Waals surface area contributed by atoms with Crippen LogP contribution in [0.4, 0.5) is 13.2 Å². The lowest BCUT2D eigenvalue weighted by Crippen LogP contribution is -2.08. The third-order valence-corrected chi connectivity index (χ3v) is 6.50. The number of benzene rings is 2. The van der Waals surface area contributed by atoms with Crippen molar-refractivity contribution in [3.63, 3.8) is 0 Å². The van der Waals surface area contributed by atoms with Crippen LogP contribution >= 0.6 is 23.1 Å². The molecule has 0 atom stereocenters. The molecule has 166 valence electrons. The Morgan fingerprint density at radius 2 is 1.88 bits per heavy atom. The van der Waals surface area contributed by atoms with Crippen LogP contribution in [-0.4, -0.2) is 19.7 Å². The van der Waals surface area contributed by atoms with Gasteiger partial charge in [-0.15, -0.1) is 21.5 Å². The summed E-state index contributed by atoms with van der Waals surface area (Å²) >= 11 is 3.10. The van der Waals surface area contributed by atoms with Crippen LogP contribution in [0.15, 0.2) is 65.1 Å². The van der Waals surface area contributed by atoms with Crippen molar-refractivity contribution < 1.29 is 17.9 Å². The Morgan fingerprint density at radius 1 is 1.06 bits per heavy atom. The molecule has 0 spiro atoms. The fourth-order valence-electron chi connectivity index (χ4n) is 2.99. The number of nitrogens with zero attached hydrogens (tertiary/aromatic N) is 4. The average molecular weight is 477 g/mol. The Morgan fingerprint density at radius 3 is 2.62 bits per heavy atom. The Hall–Kier alpha value is -2.85. The van der Waals surface area contributed by atoms with E-state index >= 15 is 0 Å². The molecule has 0 aliphatic rings. The van der Waals surface area contributed by atoms with Crippen molar-refractivity contribution in [1.29, 1.82) is 0 Å². The van der Waals surface area contributed by atoms with E-state index < -0.39 is 11.7 Å². The molecule has 0 saturated carbocycles. The molecule has 5 nitrogen and oxygen atoms in total. The van der Waals surface area contributed by atoms with Gasteiger partial charge in [-0.25, -0.2) is 4.98 Å². The highest BCUT2D eigenvalue weighted by Crippen LogP contribution is 2.32. The number of thiazole rings is 1. The predicted octanol–water partition coefficient (Wildman–Crippen LogP) is 6.31. The van der Waals surface area contributed by atoms with E-state index in [1.54, 1.807) is 11.3 Å². The van der Waals surface area contributed by atoms with Crippen molar-refractivity contribution in [2.24, 2.45) is 0 Å². The quantitative estimate of drug-likeness (QED) is 0.279. The zero-order chi connectivity index (χ0) is 22.6. The molecule has 4 rings (SSSR count). The van der Waals surface area contributed by atoms with Gasteiger partial charge in [-0.3, -0.25) is 0 Å². The van der Waals surface area contributed by atoms with Crippen molar-refractivity contribution in [3.05, 3.63) is 77.1 Å². The second-order valence-electron chi connectivity index (χ2n) is 6.76. The average Bonchev–Trinajstić information content (AvgIpc) is 3.43. The molecule has 32 heavy (non-hydrogen) atoms. The van der Waals surface area contributed by atoms with Crippen molar-refractivity contribution in [1.82, 2.24) is 19.7 Å². The molecule has 0 unspecified atom stereocenters. The maximum atomic E-state index is 12.9. The zero-order valence-electron chi connectivity index (χ0n) is 17.0. The minimum Gasteiger partial charge on any atom is -0.486 e. The summed E-state index contributed by atoms with van der Waals surface area (Å²) in [4.78, 5) is 4.69. The van der Waals surface area contributed by atoms with Crippen LogP contribution in [0.1, 0.15) is 24.0 Å². The third-order valence-electron chi connectivity index (χ3n) is 4.56. The molecule has 4 aromatic rings. The van der Waals surface area contributed by atoms with Gasteiger partial charge in [-0.05, 0) is 25.1 Å². The molecule has 0 aliphatic carbocycles. The normalized spacial score (nSPS) is 11.6. The lowest BCUT2D eigenvalue weighted by molar-refractivity contribution is -0.137. The number of halogens is 3. The number of hydrogen-bond donors (Lipinski definition) is 0. The van der Waals surface area contributed by atoms with Gasteiger partial charge < -0.3 is 9.30 Å². The van der Waals surface area contributed by atoms with Crippen LogP contribution in [0.3, 0.4) is 0 Å².